The Morgan fingerprint density at radius 3 is 2.60 bits per heavy atom. The monoisotopic (exact) mass is 342 g/mol. The Labute approximate surface area is 142 Å². The number of fused-ring (bicyclic) bond motifs is 1. The highest BCUT2D eigenvalue weighted by Crippen LogP contribution is 2.30. The summed E-state index contributed by atoms with van der Waals surface area (Å²) in [4.78, 5) is 23.1. The maximum Gasteiger partial charge on any atom is 0.341 e. The molecule has 0 bridgehead atoms. The first-order valence-corrected chi connectivity index (χ1v) is 7.29. The molecular formula is C18H14O7. The van der Waals surface area contributed by atoms with E-state index in [9.17, 15) is 9.59 Å². The van der Waals surface area contributed by atoms with Gasteiger partial charge in [0.1, 0.15) is 17.6 Å². The average molecular weight is 342 g/mol. The summed E-state index contributed by atoms with van der Waals surface area (Å²) in [7, 11) is 1.50. The molecule has 0 saturated heterocycles. The first-order chi connectivity index (χ1) is 12.1. The van der Waals surface area contributed by atoms with Crippen LogP contribution >= 0.6 is 0 Å². The molecule has 0 saturated carbocycles. The van der Waals surface area contributed by atoms with Crippen LogP contribution in [0.5, 0.6) is 23.0 Å². The van der Waals surface area contributed by atoms with Crippen molar-refractivity contribution in [2.75, 3.05) is 13.7 Å². The van der Waals surface area contributed by atoms with E-state index in [1.54, 1.807) is 24.3 Å². The molecule has 1 heterocycles. The van der Waals surface area contributed by atoms with Crippen LogP contribution in [0.15, 0.2) is 57.9 Å². The predicted octanol–water partition coefficient (Wildman–Crippen LogP) is 3.06. The molecule has 1 aromatic heterocycles. The van der Waals surface area contributed by atoms with Gasteiger partial charge >= 0.3 is 5.97 Å². The molecule has 0 spiro atoms. The number of rotatable bonds is 6. The number of hydrogen-bond acceptors (Lipinski definition) is 6. The zero-order valence-corrected chi connectivity index (χ0v) is 13.2. The molecule has 0 radical (unpaired) electrons. The minimum Gasteiger partial charge on any atom is -0.493 e. The normalized spacial score (nSPS) is 10.4. The number of para-hydroxylation sites is 2. The van der Waals surface area contributed by atoms with Gasteiger partial charge in [-0.05, 0) is 24.3 Å². The molecule has 0 aliphatic heterocycles. The fourth-order valence-electron chi connectivity index (χ4n) is 2.22. The van der Waals surface area contributed by atoms with Crippen molar-refractivity contribution < 1.29 is 28.5 Å². The van der Waals surface area contributed by atoms with Crippen molar-refractivity contribution in [3.63, 3.8) is 0 Å². The third kappa shape index (κ3) is 3.55. The second-order valence-corrected chi connectivity index (χ2v) is 5.02. The first kappa shape index (κ1) is 16.4. The van der Waals surface area contributed by atoms with E-state index >= 15 is 0 Å². The second-order valence-electron chi connectivity index (χ2n) is 5.02. The van der Waals surface area contributed by atoms with Crippen LogP contribution in [0.3, 0.4) is 0 Å². The highest BCUT2D eigenvalue weighted by molar-refractivity contribution is 5.79. The molecule has 0 atom stereocenters. The van der Waals surface area contributed by atoms with Crippen molar-refractivity contribution in [2.24, 2.45) is 0 Å². The fourth-order valence-corrected chi connectivity index (χ4v) is 2.22. The van der Waals surface area contributed by atoms with E-state index in [4.69, 9.17) is 23.7 Å². The maximum absolute atomic E-state index is 12.5. The van der Waals surface area contributed by atoms with E-state index in [0.29, 0.717) is 11.5 Å². The summed E-state index contributed by atoms with van der Waals surface area (Å²) in [6.07, 6.45) is 1.19. The van der Waals surface area contributed by atoms with Crippen LogP contribution < -0.4 is 19.6 Å². The van der Waals surface area contributed by atoms with E-state index in [-0.39, 0.29) is 27.9 Å². The molecule has 2 aromatic carbocycles. The lowest BCUT2D eigenvalue weighted by atomic mass is 10.2. The van der Waals surface area contributed by atoms with Gasteiger partial charge < -0.3 is 23.7 Å². The third-order valence-corrected chi connectivity index (χ3v) is 3.37. The van der Waals surface area contributed by atoms with Gasteiger partial charge in [0, 0.05) is 6.07 Å². The topological polar surface area (TPSA) is 95.2 Å². The van der Waals surface area contributed by atoms with Crippen LogP contribution in [0.2, 0.25) is 0 Å². The summed E-state index contributed by atoms with van der Waals surface area (Å²) in [5, 5.41) is 8.91. The minimum absolute atomic E-state index is 0.0104. The van der Waals surface area contributed by atoms with Gasteiger partial charge in [0.15, 0.2) is 18.1 Å². The lowest BCUT2D eigenvalue weighted by Crippen LogP contribution is -2.10. The van der Waals surface area contributed by atoms with Crippen molar-refractivity contribution in [1.82, 2.24) is 0 Å². The highest BCUT2D eigenvalue weighted by Gasteiger charge is 2.12. The van der Waals surface area contributed by atoms with E-state index in [2.05, 4.69) is 0 Å². The van der Waals surface area contributed by atoms with Crippen LogP contribution in [-0.2, 0) is 4.79 Å². The number of benzene rings is 2. The summed E-state index contributed by atoms with van der Waals surface area (Å²) in [6.45, 7) is -0.481. The summed E-state index contributed by atoms with van der Waals surface area (Å²) >= 11 is 0. The number of ether oxygens (including phenoxy) is 3. The lowest BCUT2D eigenvalue weighted by Gasteiger charge is -2.09. The first-order valence-electron chi connectivity index (χ1n) is 7.29. The molecule has 3 rings (SSSR count). The van der Waals surface area contributed by atoms with Crippen molar-refractivity contribution in [2.45, 2.75) is 0 Å². The van der Waals surface area contributed by atoms with Gasteiger partial charge in [0.25, 0.3) is 0 Å². The smallest absolute Gasteiger partial charge is 0.341 e. The van der Waals surface area contributed by atoms with E-state index in [1.165, 1.54) is 31.6 Å². The largest absolute Gasteiger partial charge is 0.493 e. The Kier molecular flexibility index (Phi) is 4.56. The molecule has 7 heteroatoms. The molecule has 25 heavy (non-hydrogen) atoms. The Morgan fingerprint density at radius 1 is 1.12 bits per heavy atom. The lowest BCUT2D eigenvalue weighted by molar-refractivity contribution is -0.139. The van der Waals surface area contributed by atoms with Crippen LogP contribution in [0.25, 0.3) is 11.0 Å². The molecular weight excluding hydrogens is 328 g/mol. The van der Waals surface area contributed by atoms with Crippen LogP contribution in [-0.4, -0.2) is 24.8 Å². The van der Waals surface area contributed by atoms with Crippen molar-refractivity contribution >= 4 is 16.9 Å². The molecule has 0 aliphatic rings. The molecule has 3 aromatic rings. The van der Waals surface area contributed by atoms with Crippen LogP contribution in [0, 0.1) is 0 Å². The highest BCUT2D eigenvalue weighted by atomic mass is 16.5. The van der Waals surface area contributed by atoms with Gasteiger partial charge in [0.05, 0.1) is 12.5 Å². The Morgan fingerprint density at radius 2 is 1.88 bits per heavy atom. The number of hydrogen-bond donors (Lipinski definition) is 1. The second kappa shape index (κ2) is 6.96. The van der Waals surface area contributed by atoms with Crippen LogP contribution in [0.1, 0.15) is 0 Å². The van der Waals surface area contributed by atoms with Gasteiger partial charge in [-0.1, -0.05) is 12.1 Å². The Hall–Kier alpha value is -3.48. The molecule has 1 N–H and O–H groups in total. The summed E-state index contributed by atoms with van der Waals surface area (Å²) in [5.41, 5.74) is -0.0998. The number of aliphatic carboxylic acids is 1. The van der Waals surface area contributed by atoms with Crippen molar-refractivity contribution in [1.29, 1.82) is 0 Å². The van der Waals surface area contributed by atoms with Crippen molar-refractivity contribution in [3.8, 4) is 23.0 Å². The minimum atomic E-state index is -1.10. The van der Waals surface area contributed by atoms with E-state index < -0.39 is 12.6 Å². The SMILES string of the molecule is COc1ccccc1Oc1coc2cc(OCC(=O)O)ccc2c1=O. The average Bonchev–Trinajstić information content (AvgIpc) is 2.62. The predicted molar refractivity (Wildman–Crippen MR) is 88.7 cm³/mol. The summed E-state index contributed by atoms with van der Waals surface area (Å²) in [6, 6.07) is 11.4. The summed E-state index contributed by atoms with van der Waals surface area (Å²) < 4.78 is 21.3. The van der Waals surface area contributed by atoms with Crippen molar-refractivity contribution in [3.05, 3.63) is 59.0 Å². The van der Waals surface area contributed by atoms with E-state index in [1.807, 2.05) is 0 Å². The molecule has 0 fully saturated rings. The quantitative estimate of drug-likeness (QED) is 0.735. The Bertz CT molecular complexity index is 975. The number of methoxy groups -OCH3 is 1. The summed E-state index contributed by atoms with van der Waals surface area (Å²) in [5.74, 6) is 0.0761. The molecule has 0 amide bonds. The van der Waals surface area contributed by atoms with Gasteiger partial charge in [-0.25, -0.2) is 4.79 Å². The number of carbonyl (C=O) groups is 1. The Balaban J connectivity index is 1.93. The fraction of sp³-hybridized carbons (Fsp3) is 0.111. The zero-order chi connectivity index (χ0) is 17.8. The third-order valence-electron chi connectivity index (χ3n) is 3.37. The molecule has 128 valence electrons. The molecule has 0 aliphatic carbocycles. The maximum atomic E-state index is 12.5. The zero-order valence-electron chi connectivity index (χ0n) is 13.2. The molecule has 0 unspecified atom stereocenters. The van der Waals surface area contributed by atoms with Gasteiger partial charge in [-0.2, -0.15) is 0 Å². The standard InChI is InChI=1S/C18H14O7/c1-22-13-4-2-3-5-14(13)25-16-9-24-15-8-11(23-10-17(19)20)6-7-12(15)18(16)21/h2-9H,10H2,1H3,(H,19,20). The number of carboxylic acids is 1. The van der Waals surface area contributed by atoms with E-state index in [0.717, 1.165) is 0 Å². The van der Waals surface area contributed by atoms with Gasteiger partial charge in [-0.15, -0.1) is 0 Å². The van der Waals surface area contributed by atoms with Gasteiger partial charge in [0.2, 0.25) is 11.2 Å². The van der Waals surface area contributed by atoms with Crippen LogP contribution in [0.4, 0.5) is 0 Å². The molecule has 7 nitrogen and oxygen atoms in total. The number of carboxylic acid groups (broad SMARTS) is 1. The van der Waals surface area contributed by atoms with Gasteiger partial charge in [-0.3, -0.25) is 4.79 Å².